The van der Waals surface area contributed by atoms with Gasteiger partial charge in [0.05, 0.1) is 13.2 Å². The molecule has 2 rings (SSSR count). The van der Waals surface area contributed by atoms with Gasteiger partial charge in [-0.2, -0.15) is 0 Å². The number of ether oxygens (including phenoxy) is 1. The van der Waals surface area contributed by atoms with Crippen LogP contribution in [0.15, 0.2) is 30.4 Å². The number of aliphatic hydroxyl groups excluding tert-OH is 1. The molecule has 23 heavy (non-hydrogen) atoms. The van der Waals surface area contributed by atoms with E-state index in [0.29, 0.717) is 5.92 Å². The zero-order valence-corrected chi connectivity index (χ0v) is 14.3. The van der Waals surface area contributed by atoms with Gasteiger partial charge in [0, 0.05) is 12.0 Å². The van der Waals surface area contributed by atoms with Gasteiger partial charge in [0.15, 0.2) is 0 Å². The minimum atomic E-state index is -0.158. The summed E-state index contributed by atoms with van der Waals surface area (Å²) in [5.74, 6) is 1.28. The first-order chi connectivity index (χ1) is 11.2. The predicted octanol–water partition coefficient (Wildman–Crippen LogP) is 3.94. The Labute approximate surface area is 140 Å². The molecule has 0 aliphatic heterocycles. The molecule has 0 amide bonds. The van der Waals surface area contributed by atoms with Crippen molar-refractivity contribution in [1.82, 2.24) is 0 Å². The number of unbranched alkanes of at least 4 members (excludes halogenated alkanes) is 4. The van der Waals surface area contributed by atoms with Crippen molar-refractivity contribution in [3.8, 4) is 5.75 Å². The second-order valence-electron chi connectivity index (χ2n) is 6.54. The maximum absolute atomic E-state index is 9.16. The average Bonchev–Trinajstić information content (AvgIpc) is 2.58. The summed E-state index contributed by atoms with van der Waals surface area (Å²) in [6, 6.07) is 6.25. The van der Waals surface area contributed by atoms with Crippen LogP contribution < -0.4 is 10.5 Å². The van der Waals surface area contributed by atoms with Crippen LogP contribution in [0.3, 0.4) is 0 Å². The molecule has 0 spiro atoms. The molecule has 0 saturated carbocycles. The molecule has 2 atom stereocenters. The molecule has 1 aliphatic carbocycles. The average molecular weight is 317 g/mol. The van der Waals surface area contributed by atoms with Crippen molar-refractivity contribution in [2.24, 2.45) is 5.73 Å². The van der Waals surface area contributed by atoms with Gasteiger partial charge in [0.2, 0.25) is 0 Å². The van der Waals surface area contributed by atoms with Crippen molar-refractivity contribution in [3.05, 3.63) is 41.5 Å². The first kappa shape index (κ1) is 18.0. The second-order valence-corrected chi connectivity index (χ2v) is 6.54. The molecule has 1 aromatic carbocycles. The summed E-state index contributed by atoms with van der Waals surface area (Å²) in [4.78, 5) is 0. The number of hydrogen-bond donors (Lipinski definition) is 2. The van der Waals surface area contributed by atoms with Crippen LogP contribution in [0.2, 0.25) is 0 Å². The number of rotatable bonds is 10. The lowest BCUT2D eigenvalue weighted by atomic mass is 9.84. The predicted molar refractivity (Wildman–Crippen MR) is 96.0 cm³/mol. The third-order valence-corrected chi connectivity index (χ3v) is 4.53. The number of benzene rings is 1. The number of nitrogens with two attached hydrogens (primary N) is 1. The normalized spacial score (nSPS) is 17.8. The smallest absolute Gasteiger partial charge is 0.119 e. The van der Waals surface area contributed by atoms with Crippen molar-refractivity contribution in [2.75, 3.05) is 13.2 Å². The minimum Gasteiger partial charge on any atom is -0.494 e. The van der Waals surface area contributed by atoms with E-state index in [-0.39, 0.29) is 12.6 Å². The van der Waals surface area contributed by atoms with Crippen LogP contribution in [0, 0.1) is 0 Å². The third-order valence-electron chi connectivity index (χ3n) is 4.53. The quantitative estimate of drug-likeness (QED) is 0.507. The fourth-order valence-corrected chi connectivity index (χ4v) is 3.18. The Morgan fingerprint density at radius 2 is 2.09 bits per heavy atom. The van der Waals surface area contributed by atoms with Gasteiger partial charge in [-0.15, -0.1) is 0 Å². The molecule has 128 valence electrons. The van der Waals surface area contributed by atoms with Crippen LogP contribution in [0.25, 0.3) is 0 Å². The van der Waals surface area contributed by atoms with Crippen LogP contribution in [-0.2, 0) is 6.42 Å². The summed E-state index contributed by atoms with van der Waals surface area (Å²) < 4.78 is 5.90. The highest BCUT2D eigenvalue weighted by Gasteiger charge is 2.19. The SMILES string of the molecule is CCCCCCCOc1ccc2c(c1)CC=C[C@H]2CC(N)CO. The van der Waals surface area contributed by atoms with Gasteiger partial charge in [-0.3, -0.25) is 0 Å². The Balaban J connectivity index is 1.87. The summed E-state index contributed by atoms with van der Waals surface area (Å²) in [6.45, 7) is 3.08. The Kier molecular flexibility index (Phi) is 7.63. The van der Waals surface area contributed by atoms with E-state index >= 15 is 0 Å². The molecule has 3 N–H and O–H groups in total. The molecule has 0 heterocycles. The van der Waals surface area contributed by atoms with E-state index in [0.717, 1.165) is 31.6 Å². The molecule has 0 bridgehead atoms. The van der Waals surface area contributed by atoms with E-state index in [9.17, 15) is 0 Å². The van der Waals surface area contributed by atoms with Crippen LogP contribution in [0.1, 0.15) is 62.5 Å². The Morgan fingerprint density at radius 1 is 1.26 bits per heavy atom. The van der Waals surface area contributed by atoms with E-state index in [4.69, 9.17) is 15.6 Å². The van der Waals surface area contributed by atoms with Gasteiger partial charge < -0.3 is 15.6 Å². The fourth-order valence-electron chi connectivity index (χ4n) is 3.18. The van der Waals surface area contributed by atoms with Crippen molar-refractivity contribution < 1.29 is 9.84 Å². The van der Waals surface area contributed by atoms with Crippen LogP contribution in [0.4, 0.5) is 0 Å². The van der Waals surface area contributed by atoms with Gasteiger partial charge in [0.1, 0.15) is 5.75 Å². The maximum atomic E-state index is 9.16. The van der Waals surface area contributed by atoms with E-state index in [1.807, 2.05) is 0 Å². The van der Waals surface area contributed by atoms with Gasteiger partial charge >= 0.3 is 0 Å². The van der Waals surface area contributed by atoms with Gasteiger partial charge in [0.25, 0.3) is 0 Å². The largest absolute Gasteiger partial charge is 0.494 e. The topological polar surface area (TPSA) is 55.5 Å². The summed E-state index contributed by atoms with van der Waals surface area (Å²) in [5, 5.41) is 9.16. The lowest BCUT2D eigenvalue weighted by molar-refractivity contribution is 0.257. The van der Waals surface area contributed by atoms with E-state index in [1.54, 1.807) is 0 Å². The molecule has 1 aliphatic rings. The Hall–Kier alpha value is -1.32. The highest BCUT2D eigenvalue weighted by Crippen LogP contribution is 2.32. The van der Waals surface area contributed by atoms with Crippen LogP contribution in [0.5, 0.6) is 5.75 Å². The summed E-state index contributed by atoms with van der Waals surface area (Å²) in [5.41, 5.74) is 8.55. The lowest BCUT2D eigenvalue weighted by Crippen LogP contribution is -2.27. The minimum absolute atomic E-state index is 0.0406. The molecule has 1 aromatic rings. The Bertz CT molecular complexity index is 498. The molecule has 0 radical (unpaired) electrons. The number of fused-ring (bicyclic) bond motifs is 1. The summed E-state index contributed by atoms with van der Waals surface area (Å²) in [7, 11) is 0. The van der Waals surface area contributed by atoms with E-state index in [2.05, 4.69) is 37.3 Å². The van der Waals surface area contributed by atoms with Gasteiger partial charge in [-0.1, -0.05) is 50.8 Å². The van der Waals surface area contributed by atoms with Crippen molar-refractivity contribution in [3.63, 3.8) is 0 Å². The molecule has 3 nitrogen and oxygen atoms in total. The number of aliphatic hydroxyl groups is 1. The van der Waals surface area contributed by atoms with Gasteiger partial charge in [-0.05, 0) is 42.5 Å². The second kappa shape index (κ2) is 9.74. The molecule has 1 unspecified atom stereocenters. The first-order valence-electron chi connectivity index (χ1n) is 9.03. The summed E-state index contributed by atoms with van der Waals surface area (Å²) >= 11 is 0. The lowest BCUT2D eigenvalue weighted by Gasteiger charge is -2.23. The third kappa shape index (κ3) is 5.67. The molecule has 3 heteroatoms. The van der Waals surface area contributed by atoms with Crippen LogP contribution in [-0.4, -0.2) is 24.4 Å². The molecule has 0 saturated heterocycles. The van der Waals surface area contributed by atoms with E-state index in [1.165, 1.54) is 36.8 Å². The highest BCUT2D eigenvalue weighted by molar-refractivity contribution is 5.43. The highest BCUT2D eigenvalue weighted by atomic mass is 16.5. The number of allylic oxidation sites excluding steroid dienone is 2. The summed E-state index contributed by atoms with van der Waals surface area (Å²) in [6.07, 6.45) is 12.4. The molecule has 0 aromatic heterocycles. The zero-order valence-electron chi connectivity index (χ0n) is 14.3. The maximum Gasteiger partial charge on any atom is 0.119 e. The van der Waals surface area contributed by atoms with Gasteiger partial charge in [-0.25, -0.2) is 0 Å². The van der Waals surface area contributed by atoms with Crippen molar-refractivity contribution >= 4 is 0 Å². The molecular formula is C20H31NO2. The monoisotopic (exact) mass is 317 g/mol. The number of hydrogen-bond acceptors (Lipinski definition) is 3. The van der Waals surface area contributed by atoms with Crippen molar-refractivity contribution in [1.29, 1.82) is 0 Å². The van der Waals surface area contributed by atoms with E-state index < -0.39 is 0 Å². The molecular weight excluding hydrogens is 286 g/mol. The molecule has 0 fully saturated rings. The fraction of sp³-hybridized carbons (Fsp3) is 0.600. The zero-order chi connectivity index (χ0) is 16.5. The van der Waals surface area contributed by atoms with Crippen molar-refractivity contribution in [2.45, 2.75) is 63.8 Å². The standard InChI is InChI=1S/C20H31NO2/c1-2-3-4-5-6-12-23-19-10-11-20-16(13-18(21)15-22)8-7-9-17(20)14-19/h7-8,10-11,14,16,18,22H,2-6,9,12-13,15,21H2,1H3/t16-,18?/m0/s1. The first-order valence-corrected chi connectivity index (χ1v) is 9.03. The van der Waals surface area contributed by atoms with Crippen LogP contribution >= 0.6 is 0 Å². The Morgan fingerprint density at radius 3 is 2.87 bits per heavy atom.